The quantitative estimate of drug-likeness (QED) is 0.612. The fourth-order valence-corrected chi connectivity index (χ4v) is 3.20. The van der Waals surface area contributed by atoms with E-state index in [0.29, 0.717) is 12.4 Å². The van der Waals surface area contributed by atoms with Crippen molar-refractivity contribution in [3.05, 3.63) is 66.5 Å². The van der Waals surface area contributed by atoms with Gasteiger partial charge < -0.3 is 15.4 Å². The summed E-state index contributed by atoms with van der Waals surface area (Å²) in [7, 11) is 0. The molecular formula is C22H26N6O. The highest BCUT2D eigenvalue weighted by Gasteiger charge is 2.11. The maximum Gasteiger partial charge on any atom is 0.163 e. The number of pyridine rings is 1. The van der Waals surface area contributed by atoms with Crippen molar-refractivity contribution in [2.75, 3.05) is 50.0 Å². The molecule has 4 rings (SSSR count). The molecule has 0 radical (unpaired) electrons. The third-order valence-electron chi connectivity index (χ3n) is 4.82. The van der Waals surface area contributed by atoms with Crippen molar-refractivity contribution < 1.29 is 4.74 Å². The van der Waals surface area contributed by atoms with Gasteiger partial charge in [0.1, 0.15) is 11.6 Å². The van der Waals surface area contributed by atoms with Crippen molar-refractivity contribution in [3.63, 3.8) is 0 Å². The van der Waals surface area contributed by atoms with Gasteiger partial charge in [0.25, 0.3) is 0 Å². The first kappa shape index (κ1) is 19.3. The molecule has 0 amide bonds. The molecule has 0 unspecified atom stereocenters. The number of nitrogens with one attached hydrogen (secondary N) is 2. The SMILES string of the molecule is c1ccc(-c2nc(NCCN3CCOCC3)cc(NCc3ccncc3)n2)cc1. The Labute approximate surface area is 171 Å². The first-order valence-electron chi connectivity index (χ1n) is 9.98. The largest absolute Gasteiger partial charge is 0.379 e. The average Bonchev–Trinajstić information content (AvgIpc) is 2.80. The van der Waals surface area contributed by atoms with E-state index in [4.69, 9.17) is 14.7 Å². The molecule has 0 aliphatic carbocycles. The molecule has 150 valence electrons. The van der Waals surface area contributed by atoms with Crippen LogP contribution >= 0.6 is 0 Å². The summed E-state index contributed by atoms with van der Waals surface area (Å²) in [4.78, 5) is 15.9. The van der Waals surface area contributed by atoms with Crippen molar-refractivity contribution in [2.24, 2.45) is 0 Å². The number of anilines is 2. The van der Waals surface area contributed by atoms with Crippen LogP contribution in [0.15, 0.2) is 60.9 Å². The van der Waals surface area contributed by atoms with Crippen molar-refractivity contribution in [1.29, 1.82) is 0 Å². The number of rotatable bonds is 8. The van der Waals surface area contributed by atoms with Crippen LogP contribution in [-0.2, 0) is 11.3 Å². The Balaban J connectivity index is 1.46. The lowest BCUT2D eigenvalue weighted by Crippen LogP contribution is -2.39. The molecule has 3 aromatic rings. The summed E-state index contributed by atoms with van der Waals surface area (Å²) in [5.74, 6) is 2.33. The van der Waals surface area contributed by atoms with Crippen molar-refractivity contribution >= 4 is 11.6 Å². The first-order valence-corrected chi connectivity index (χ1v) is 9.98. The second-order valence-corrected chi connectivity index (χ2v) is 6.92. The molecular weight excluding hydrogens is 364 g/mol. The van der Waals surface area contributed by atoms with Crippen molar-refractivity contribution in [3.8, 4) is 11.4 Å². The van der Waals surface area contributed by atoms with Crippen LogP contribution < -0.4 is 10.6 Å². The molecule has 2 N–H and O–H groups in total. The number of ether oxygens (including phenoxy) is 1. The van der Waals surface area contributed by atoms with E-state index in [9.17, 15) is 0 Å². The average molecular weight is 390 g/mol. The topological polar surface area (TPSA) is 75.2 Å². The lowest BCUT2D eigenvalue weighted by Gasteiger charge is -2.26. The minimum absolute atomic E-state index is 0.682. The first-order chi connectivity index (χ1) is 14.4. The van der Waals surface area contributed by atoms with Crippen LogP contribution in [-0.4, -0.2) is 59.2 Å². The van der Waals surface area contributed by atoms with Gasteiger partial charge in [-0.15, -0.1) is 0 Å². The van der Waals surface area contributed by atoms with Gasteiger partial charge in [0.05, 0.1) is 13.2 Å². The zero-order valence-electron chi connectivity index (χ0n) is 16.4. The van der Waals surface area contributed by atoms with E-state index in [-0.39, 0.29) is 0 Å². The van der Waals surface area contributed by atoms with Gasteiger partial charge in [-0.05, 0) is 17.7 Å². The van der Waals surface area contributed by atoms with Crippen LogP contribution in [0, 0.1) is 0 Å². The molecule has 1 aliphatic rings. The number of morpholine rings is 1. The summed E-state index contributed by atoms with van der Waals surface area (Å²) in [5.41, 5.74) is 2.15. The molecule has 3 heterocycles. The van der Waals surface area contributed by atoms with E-state index in [0.717, 1.165) is 62.2 Å². The molecule has 7 nitrogen and oxygen atoms in total. The number of benzene rings is 1. The Morgan fingerprint density at radius 1 is 0.897 bits per heavy atom. The fraction of sp³-hybridized carbons (Fsp3) is 0.318. The Bertz CT molecular complexity index is 884. The highest BCUT2D eigenvalue weighted by molar-refractivity contribution is 5.61. The smallest absolute Gasteiger partial charge is 0.163 e. The predicted octanol–water partition coefficient (Wildman–Crippen LogP) is 2.89. The fourth-order valence-electron chi connectivity index (χ4n) is 3.20. The van der Waals surface area contributed by atoms with E-state index < -0.39 is 0 Å². The van der Waals surface area contributed by atoms with Gasteiger partial charge in [-0.3, -0.25) is 9.88 Å². The summed E-state index contributed by atoms with van der Waals surface area (Å²) in [6.45, 7) is 6.08. The molecule has 0 atom stereocenters. The molecule has 0 bridgehead atoms. The lowest BCUT2D eigenvalue weighted by molar-refractivity contribution is 0.0398. The van der Waals surface area contributed by atoms with Gasteiger partial charge in [-0.2, -0.15) is 0 Å². The number of hydrogen-bond donors (Lipinski definition) is 2. The van der Waals surface area contributed by atoms with E-state index in [1.165, 1.54) is 0 Å². The van der Waals surface area contributed by atoms with Gasteiger partial charge in [0.15, 0.2) is 5.82 Å². The summed E-state index contributed by atoms with van der Waals surface area (Å²) >= 11 is 0. The molecule has 1 fully saturated rings. The monoisotopic (exact) mass is 390 g/mol. The highest BCUT2D eigenvalue weighted by Crippen LogP contribution is 2.20. The standard InChI is InChI=1S/C22H26N6O/c1-2-4-19(5-3-1)22-26-20(24-10-11-28-12-14-29-15-13-28)16-21(27-22)25-17-18-6-8-23-9-7-18/h1-9,16H,10-15,17H2,(H2,24,25,26,27). The Kier molecular flexibility index (Phi) is 6.62. The van der Waals surface area contributed by atoms with E-state index in [2.05, 4.69) is 20.5 Å². The van der Waals surface area contributed by atoms with Crippen LogP contribution in [0.1, 0.15) is 5.56 Å². The molecule has 0 saturated carbocycles. The zero-order valence-corrected chi connectivity index (χ0v) is 16.4. The zero-order chi connectivity index (χ0) is 19.7. The second kappa shape index (κ2) is 9.95. The molecule has 1 aromatic carbocycles. The Morgan fingerprint density at radius 3 is 2.38 bits per heavy atom. The maximum absolute atomic E-state index is 5.41. The van der Waals surface area contributed by atoms with Gasteiger partial charge >= 0.3 is 0 Å². The third kappa shape index (κ3) is 5.73. The predicted molar refractivity (Wildman–Crippen MR) is 115 cm³/mol. The van der Waals surface area contributed by atoms with Crippen molar-refractivity contribution in [1.82, 2.24) is 19.9 Å². The number of aromatic nitrogens is 3. The van der Waals surface area contributed by atoms with Crippen molar-refractivity contribution in [2.45, 2.75) is 6.54 Å². The third-order valence-corrected chi connectivity index (χ3v) is 4.82. The van der Waals surface area contributed by atoms with Gasteiger partial charge in [-0.1, -0.05) is 30.3 Å². The second-order valence-electron chi connectivity index (χ2n) is 6.92. The minimum atomic E-state index is 0.682. The molecule has 0 spiro atoms. The number of nitrogens with zero attached hydrogens (tertiary/aromatic N) is 4. The Morgan fingerprint density at radius 2 is 1.62 bits per heavy atom. The number of hydrogen-bond acceptors (Lipinski definition) is 7. The van der Waals surface area contributed by atoms with Gasteiger partial charge in [0.2, 0.25) is 0 Å². The van der Waals surface area contributed by atoms with Crippen LogP contribution in [0.3, 0.4) is 0 Å². The van der Waals surface area contributed by atoms with Crippen LogP contribution in [0.4, 0.5) is 11.6 Å². The van der Waals surface area contributed by atoms with E-state index >= 15 is 0 Å². The molecule has 1 aliphatic heterocycles. The molecule has 29 heavy (non-hydrogen) atoms. The van der Waals surface area contributed by atoms with E-state index in [1.54, 1.807) is 12.4 Å². The van der Waals surface area contributed by atoms with Crippen LogP contribution in [0.25, 0.3) is 11.4 Å². The van der Waals surface area contributed by atoms with Crippen LogP contribution in [0.2, 0.25) is 0 Å². The van der Waals surface area contributed by atoms with Crippen LogP contribution in [0.5, 0.6) is 0 Å². The summed E-state index contributed by atoms with van der Waals surface area (Å²) in [6.07, 6.45) is 3.59. The molecule has 1 saturated heterocycles. The summed E-state index contributed by atoms with van der Waals surface area (Å²) in [6, 6.07) is 16.0. The molecule has 2 aromatic heterocycles. The Hall–Kier alpha value is -3.03. The molecule has 7 heteroatoms. The lowest BCUT2D eigenvalue weighted by atomic mass is 10.2. The van der Waals surface area contributed by atoms with Gasteiger partial charge in [-0.25, -0.2) is 9.97 Å². The maximum atomic E-state index is 5.41. The highest BCUT2D eigenvalue weighted by atomic mass is 16.5. The van der Waals surface area contributed by atoms with E-state index in [1.807, 2.05) is 48.5 Å². The minimum Gasteiger partial charge on any atom is -0.379 e. The summed E-state index contributed by atoms with van der Waals surface area (Å²) in [5, 5.41) is 6.86. The summed E-state index contributed by atoms with van der Waals surface area (Å²) < 4.78 is 5.41. The van der Waals surface area contributed by atoms with Gasteiger partial charge in [0, 0.05) is 56.7 Å². The normalized spacial score (nSPS) is 14.5.